The summed E-state index contributed by atoms with van der Waals surface area (Å²) < 4.78 is 5.76. The highest BCUT2D eigenvalue weighted by atomic mass is 79.9. The first-order valence-corrected chi connectivity index (χ1v) is 8.31. The molecule has 0 spiro atoms. The van der Waals surface area contributed by atoms with E-state index in [0.717, 1.165) is 11.9 Å². The van der Waals surface area contributed by atoms with Crippen LogP contribution in [0.4, 0.5) is 0 Å². The van der Waals surface area contributed by atoms with E-state index >= 15 is 0 Å². The normalized spacial score (nSPS) is 18.6. The van der Waals surface area contributed by atoms with Crippen LogP contribution in [-0.4, -0.2) is 42.6 Å². The fourth-order valence-electron chi connectivity index (χ4n) is 2.23. The van der Waals surface area contributed by atoms with Crippen LogP contribution in [0, 0.1) is 0 Å². The summed E-state index contributed by atoms with van der Waals surface area (Å²) in [7, 11) is 0. The molecule has 0 atom stereocenters. The zero-order chi connectivity index (χ0) is 11.9. The minimum atomic E-state index is 0.491. The van der Waals surface area contributed by atoms with Crippen LogP contribution in [0.25, 0.3) is 0 Å². The van der Waals surface area contributed by atoms with Crippen molar-refractivity contribution in [1.82, 2.24) is 4.90 Å². The van der Waals surface area contributed by atoms with E-state index in [1.54, 1.807) is 0 Å². The standard InChI is InChI=1S/C13H20BrNOS/c14-6-10-16-12-3-7-15(8-4-12)9-5-13-2-1-11-17-13/h1-2,11-12H,3-10H2. The van der Waals surface area contributed by atoms with E-state index in [4.69, 9.17) is 4.74 Å². The molecule has 0 saturated carbocycles. The van der Waals surface area contributed by atoms with Crippen molar-refractivity contribution in [3.8, 4) is 0 Å². The molecule has 0 amide bonds. The Morgan fingerprint density at radius 2 is 2.24 bits per heavy atom. The molecule has 0 N–H and O–H groups in total. The van der Waals surface area contributed by atoms with Gasteiger partial charge >= 0.3 is 0 Å². The van der Waals surface area contributed by atoms with Gasteiger partial charge in [-0.05, 0) is 30.7 Å². The van der Waals surface area contributed by atoms with Crippen LogP contribution in [0.3, 0.4) is 0 Å². The van der Waals surface area contributed by atoms with Gasteiger partial charge in [0, 0.05) is 29.8 Å². The second-order valence-electron chi connectivity index (χ2n) is 4.43. The lowest BCUT2D eigenvalue weighted by Crippen LogP contribution is -2.38. The van der Waals surface area contributed by atoms with Crippen molar-refractivity contribution in [2.24, 2.45) is 0 Å². The van der Waals surface area contributed by atoms with Crippen LogP contribution in [0.1, 0.15) is 17.7 Å². The van der Waals surface area contributed by atoms with Crippen molar-refractivity contribution < 1.29 is 4.74 Å². The van der Waals surface area contributed by atoms with Gasteiger partial charge in [0.25, 0.3) is 0 Å². The van der Waals surface area contributed by atoms with Crippen LogP contribution in [0.2, 0.25) is 0 Å². The second kappa shape index (κ2) is 7.52. The van der Waals surface area contributed by atoms with Gasteiger partial charge in [0.1, 0.15) is 0 Å². The molecule has 96 valence electrons. The summed E-state index contributed by atoms with van der Waals surface area (Å²) >= 11 is 5.27. The third-order valence-corrected chi connectivity index (χ3v) is 4.48. The molecule has 1 aromatic heterocycles. The van der Waals surface area contributed by atoms with Crippen LogP contribution in [-0.2, 0) is 11.2 Å². The van der Waals surface area contributed by atoms with Gasteiger partial charge in [-0.3, -0.25) is 0 Å². The van der Waals surface area contributed by atoms with Gasteiger partial charge in [-0.2, -0.15) is 0 Å². The maximum Gasteiger partial charge on any atom is 0.0599 e. The van der Waals surface area contributed by atoms with Crippen molar-refractivity contribution in [3.63, 3.8) is 0 Å². The molecule has 1 aliphatic heterocycles. The highest BCUT2D eigenvalue weighted by Gasteiger charge is 2.18. The number of piperidine rings is 1. The highest BCUT2D eigenvalue weighted by molar-refractivity contribution is 9.09. The van der Waals surface area contributed by atoms with Crippen molar-refractivity contribution in [2.45, 2.75) is 25.4 Å². The molecule has 2 nitrogen and oxygen atoms in total. The van der Waals surface area contributed by atoms with E-state index < -0.39 is 0 Å². The van der Waals surface area contributed by atoms with Crippen molar-refractivity contribution in [3.05, 3.63) is 22.4 Å². The number of likely N-dealkylation sites (tertiary alicyclic amines) is 1. The molecule has 2 rings (SSSR count). The monoisotopic (exact) mass is 317 g/mol. The Balaban J connectivity index is 1.62. The number of halogens is 1. The predicted molar refractivity (Wildman–Crippen MR) is 77.2 cm³/mol. The number of thiophene rings is 1. The van der Waals surface area contributed by atoms with Gasteiger partial charge in [0.15, 0.2) is 0 Å². The molecule has 0 unspecified atom stereocenters. The summed E-state index contributed by atoms with van der Waals surface area (Å²) in [6, 6.07) is 4.37. The SMILES string of the molecule is BrCCOC1CCN(CCc2cccs2)CC1. The lowest BCUT2D eigenvalue weighted by atomic mass is 10.1. The van der Waals surface area contributed by atoms with Gasteiger partial charge < -0.3 is 9.64 Å². The first kappa shape index (κ1) is 13.5. The van der Waals surface area contributed by atoms with E-state index in [2.05, 4.69) is 38.3 Å². The van der Waals surface area contributed by atoms with Crippen LogP contribution < -0.4 is 0 Å². The van der Waals surface area contributed by atoms with E-state index in [1.165, 1.54) is 43.8 Å². The minimum absolute atomic E-state index is 0.491. The number of hydrogen-bond donors (Lipinski definition) is 0. The average molecular weight is 318 g/mol. The molecule has 0 aromatic carbocycles. The van der Waals surface area contributed by atoms with Crippen LogP contribution in [0.15, 0.2) is 17.5 Å². The Morgan fingerprint density at radius 1 is 1.41 bits per heavy atom. The van der Waals surface area contributed by atoms with E-state index in [0.29, 0.717) is 6.10 Å². The molecule has 17 heavy (non-hydrogen) atoms. The van der Waals surface area contributed by atoms with Gasteiger partial charge in [0.2, 0.25) is 0 Å². The van der Waals surface area contributed by atoms with Crippen molar-refractivity contribution >= 4 is 27.3 Å². The highest BCUT2D eigenvalue weighted by Crippen LogP contribution is 2.15. The Kier molecular flexibility index (Phi) is 5.98. The molecule has 1 fully saturated rings. The molecule has 0 aliphatic carbocycles. The van der Waals surface area contributed by atoms with Crippen LogP contribution in [0.5, 0.6) is 0 Å². The molecule has 0 radical (unpaired) electrons. The largest absolute Gasteiger partial charge is 0.377 e. The zero-order valence-corrected chi connectivity index (χ0v) is 12.5. The summed E-state index contributed by atoms with van der Waals surface area (Å²) in [5.74, 6) is 0. The molecule has 4 heteroatoms. The second-order valence-corrected chi connectivity index (χ2v) is 6.26. The summed E-state index contributed by atoms with van der Waals surface area (Å²) in [5.41, 5.74) is 0. The number of ether oxygens (including phenoxy) is 1. The Bertz CT molecular complexity index is 296. The lowest BCUT2D eigenvalue weighted by Gasteiger charge is -2.31. The Labute approximate surface area is 116 Å². The molecule has 2 heterocycles. The van der Waals surface area contributed by atoms with Crippen molar-refractivity contribution in [2.75, 3.05) is 31.6 Å². The zero-order valence-electron chi connectivity index (χ0n) is 10.1. The molecule has 1 aromatic rings. The Morgan fingerprint density at radius 3 is 2.88 bits per heavy atom. The summed E-state index contributed by atoms with van der Waals surface area (Å²) in [6.45, 7) is 4.43. The van der Waals surface area contributed by atoms with Gasteiger partial charge in [0.05, 0.1) is 12.7 Å². The third kappa shape index (κ3) is 4.70. The molecular weight excluding hydrogens is 298 g/mol. The number of nitrogens with zero attached hydrogens (tertiary/aromatic N) is 1. The topological polar surface area (TPSA) is 12.5 Å². The first-order valence-electron chi connectivity index (χ1n) is 6.31. The van der Waals surface area contributed by atoms with Gasteiger partial charge in [-0.1, -0.05) is 22.0 Å². The summed E-state index contributed by atoms with van der Waals surface area (Å²) in [5, 5.41) is 3.11. The quantitative estimate of drug-likeness (QED) is 0.747. The maximum atomic E-state index is 5.76. The molecular formula is C13H20BrNOS. The average Bonchev–Trinajstić information content (AvgIpc) is 2.88. The molecule has 1 saturated heterocycles. The summed E-state index contributed by atoms with van der Waals surface area (Å²) in [6.07, 6.45) is 4.07. The smallest absolute Gasteiger partial charge is 0.0599 e. The third-order valence-electron chi connectivity index (χ3n) is 3.22. The van der Waals surface area contributed by atoms with E-state index in [-0.39, 0.29) is 0 Å². The fraction of sp³-hybridized carbons (Fsp3) is 0.692. The first-order chi connectivity index (χ1) is 8.38. The number of alkyl halides is 1. The predicted octanol–water partition coefficient (Wildman–Crippen LogP) is 3.17. The van der Waals surface area contributed by atoms with Crippen LogP contribution >= 0.6 is 27.3 Å². The minimum Gasteiger partial charge on any atom is -0.377 e. The van der Waals surface area contributed by atoms with E-state index in [1.807, 2.05) is 11.3 Å². The fourth-order valence-corrected chi connectivity index (χ4v) is 3.12. The van der Waals surface area contributed by atoms with Gasteiger partial charge in [-0.25, -0.2) is 0 Å². The molecule has 1 aliphatic rings. The number of rotatable bonds is 6. The lowest BCUT2D eigenvalue weighted by molar-refractivity contribution is 0.0162. The summed E-state index contributed by atoms with van der Waals surface area (Å²) in [4.78, 5) is 4.07. The van der Waals surface area contributed by atoms with Crippen molar-refractivity contribution in [1.29, 1.82) is 0 Å². The van der Waals surface area contributed by atoms with Gasteiger partial charge in [-0.15, -0.1) is 11.3 Å². The number of hydrogen-bond acceptors (Lipinski definition) is 3. The van der Waals surface area contributed by atoms with E-state index in [9.17, 15) is 0 Å². The molecule has 0 bridgehead atoms. The Hall–Kier alpha value is 0.100. The maximum absolute atomic E-state index is 5.76.